The van der Waals surface area contributed by atoms with Crippen LogP contribution >= 0.6 is 0 Å². The normalized spacial score (nSPS) is 14.0. The number of aromatic nitrogens is 2. The third-order valence-electron chi connectivity index (χ3n) is 5.07. The fraction of sp³-hybridized carbons (Fsp3) is 0.273. The fourth-order valence-electron chi connectivity index (χ4n) is 3.73. The van der Waals surface area contributed by atoms with Gasteiger partial charge in [0.1, 0.15) is 5.82 Å². The SMILES string of the molecule is CC[C@H](C(=O)Nc1cccc(-c2cnc3n2CCC3)c1)c1ccccc1. The number of nitrogens with zero attached hydrogens (tertiary/aromatic N) is 2. The molecule has 2 heterocycles. The van der Waals surface area contributed by atoms with Crippen molar-refractivity contribution in [3.63, 3.8) is 0 Å². The van der Waals surface area contributed by atoms with Crippen molar-refractivity contribution in [1.29, 1.82) is 0 Å². The summed E-state index contributed by atoms with van der Waals surface area (Å²) >= 11 is 0. The summed E-state index contributed by atoms with van der Waals surface area (Å²) in [6, 6.07) is 18.0. The van der Waals surface area contributed by atoms with E-state index in [1.165, 1.54) is 0 Å². The molecule has 3 aromatic rings. The standard InChI is InChI=1S/C22H23N3O/c1-2-19(16-8-4-3-5-9-16)22(26)24-18-11-6-10-17(14-18)20-15-23-21-12-7-13-25(20)21/h3-6,8-11,14-15,19H,2,7,12-13H2,1H3,(H,24,26)/t19-/m0/s1. The summed E-state index contributed by atoms with van der Waals surface area (Å²) in [7, 11) is 0. The van der Waals surface area contributed by atoms with Crippen molar-refractivity contribution in [3.8, 4) is 11.3 Å². The second kappa shape index (κ2) is 7.16. The van der Waals surface area contributed by atoms with Gasteiger partial charge in [-0.1, -0.05) is 49.4 Å². The molecule has 26 heavy (non-hydrogen) atoms. The van der Waals surface area contributed by atoms with Gasteiger partial charge in [-0.05, 0) is 30.5 Å². The Balaban J connectivity index is 1.56. The molecule has 0 saturated heterocycles. The molecule has 0 fully saturated rings. The van der Waals surface area contributed by atoms with E-state index in [2.05, 4.69) is 20.9 Å². The smallest absolute Gasteiger partial charge is 0.231 e. The molecule has 0 saturated carbocycles. The molecule has 1 atom stereocenters. The van der Waals surface area contributed by atoms with Gasteiger partial charge in [-0.15, -0.1) is 0 Å². The first-order valence-electron chi connectivity index (χ1n) is 9.27. The Hall–Kier alpha value is -2.88. The molecule has 2 aromatic carbocycles. The van der Waals surface area contributed by atoms with E-state index in [-0.39, 0.29) is 11.8 Å². The van der Waals surface area contributed by atoms with Crippen molar-refractivity contribution in [1.82, 2.24) is 9.55 Å². The Labute approximate surface area is 153 Å². The number of carbonyl (C=O) groups is 1. The van der Waals surface area contributed by atoms with Crippen LogP contribution in [0.25, 0.3) is 11.3 Å². The van der Waals surface area contributed by atoms with Crippen molar-refractivity contribution >= 4 is 11.6 Å². The molecule has 4 nitrogen and oxygen atoms in total. The van der Waals surface area contributed by atoms with E-state index in [9.17, 15) is 4.79 Å². The van der Waals surface area contributed by atoms with E-state index in [1.54, 1.807) is 0 Å². The van der Waals surface area contributed by atoms with Crippen LogP contribution in [0, 0.1) is 0 Å². The van der Waals surface area contributed by atoms with Gasteiger partial charge in [0, 0.05) is 24.2 Å². The topological polar surface area (TPSA) is 46.9 Å². The number of carbonyl (C=O) groups excluding carboxylic acids is 1. The van der Waals surface area contributed by atoms with Gasteiger partial charge in [-0.3, -0.25) is 4.79 Å². The van der Waals surface area contributed by atoms with Crippen LogP contribution in [0.4, 0.5) is 5.69 Å². The second-order valence-electron chi connectivity index (χ2n) is 6.76. The van der Waals surface area contributed by atoms with Crippen molar-refractivity contribution in [3.05, 3.63) is 72.2 Å². The molecule has 0 unspecified atom stereocenters. The summed E-state index contributed by atoms with van der Waals surface area (Å²) in [5.41, 5.74) is 4.10. The van der Waals surface area contributed by atoms with Crippen LogP contribution in [0.5, 0.6) is 0 Å². The molecular weight excluding hydrogens is 322 g/mol. The molecule has 132 valence electrons. The Morgan fingerprint density at radius 3 is 2.85 bits per heavy atom. The van der Waals surface area contributed by atoms with Crippen molar-refractivity contribution in [2.24, 2.45) is 0 Å². The fourth-order valence-corrected chi connectivity index (χ4v) is 3.73. The van der Waals surface area contributed by atoms with Crippen LogP contribution in [0.3, 0.4) is 0 Å². The van der Waals surface area contributed by atoms with E-state index < -0.39 is 0 Å². The average molecular weight is 345 g/mol. The molecule has 1 aliphatic heterocycles. The maximum atomic E-state index is 12.8. The average Bonchev–Trinajstić information content (AvgIpc) is 3.27. The lowest BCUT2D eigenvalue weighted by Crippen LogP contribution is -2.20. The number of nitrogens with one attached hydrogen (secondary N) is 1. The lowest BCUT2D eigenvalue weighted by molar-refractivity contribution is -0.117. The third kappa shape index (κ3) is 3.15. The van der Waals surface area contributed by atoms with Crippen LogP contribution in [0.2, 0.25) is 0 Å². The molecule has 0 radical (unpaired) electrons. The molecule has 1 aromatic heterocycles. The van der Waals surface area contributed by atoms with Gasteiger partial charge in [0.15, 0.2) is 0 Å². The number of imidazole rings is 1. The summed E-state index contributed by atoms with van der Waals surface area (Å²) in [5, 5.41) is 3.09. The van der Waals surface area contributed by atoms with Crippen molar-refractivity contribution in [2.45, 2.75) is 38.6 Å². The van der Waals surface area contributed by atoms with Gasteiger partial charge in [0.05, 0.1) is 17.8 Å². The lowest BCUT2D eigenvalue weighted by atomic mass is 9.95. The number of aryl methyl sites for hydroxylation is 1. The first-order chi connectivity index (χ1) is 12.8. The van der Waals surface area contributed by atoms with E-state index in [0.717, 1.165) is 54.1 Å². The van der Waals surface area contributed by atoms with E-state index in [4.69, 9.17) is 0 Å². The maximum absolute atomic E-state index is 12.8. The minimum atomic E-state index is -0.140. The zero-order chi connectivity index (χ0) is 17.9. The zero-order valence-corrected chi connectivity index (χ0v) is 15.0. The van der Waals surface area contributed by atoms with Gasteiger partial charge < -0.3 is 9.88 Å². The van der Waals surface area contributed by atoms with E-state index in [0.29, 0.717) is 0 Å². The predicted molar refractivity (Wildman–Crippen MR) is 104 cm³/mol. The van der Waals surface area contributed by atoms with Gasteiger partial charge in [0.25, 0.3) is 0 Å². The molecule has 1 aliphatic rings. The number of rotatable bonds is 5. The van der Waals surface area contributed by atoms with E-state index >= 15 is 0 Å². The predicted octanol–water partition coefficient (Wildman–Crippen LogP) is 4.63. The van der Waals surface area contributed by atoms with Crippen LogP contribution in [0.1, 0.15) is 37.1 Å². The minimum Gasteiger partial charge on any atom is -0.328 e. The summed E-state index contributed by atoms with van der Waals surface area (Å²) in [4.78, 5) is 17.3. The molecule has 1 amide bonds. The first-order valence-corrected chi connectivity index (χ1v) is 9.27. The molecular formula is C22H23N3O. The van der Waals surface area contributed by atoms with Crippen molar-refractivity contribution < 1.29 is 4.79 Å². The first kappa shape index (κ1) is 16.6. The molecule has 0 spiro atoms. The number of anilines is 1. The molecule has 4 heteroatoms. The van der Waals surface area contributed by atoms with Crippen LogP contribution in [-0.4, -0.2) is 15.5 Å². The number of benzene rings is 2. The van der Waals surface area contributed by atoms with E-state index in [1.807, 2.05) is 61.7 Å². The highest BCUT2D eigenvalue weighted by molar-refractivity contribution is 5.96. The minimum absolute atomic E-state index is 0.0364. The Kier molecular flexibility index (Phi) is 4.57. The third-order valence-corrected chi connectivity index (χ3v) is 5.07. The number of amides is 1. The molecule has 1 N–H and O–H groups in total. The summed E-state index contributed by atoms with van der Waals surface area (Å²) in [5.74, 6) is 1.05. The largest absolute Gasteiger partial charge is 0.328 e. The number of hydrogen-bond donors (Lipinski definition) is 1. The van der Waals surface area contributed by atoms with Crippen LogP contribution < -0.4 is 5.32 Å². The van der Waals surface area contributed by atoms with Gasteiger partial charge in [-0.25, -0.2) is 4.98 Å². The Morgan fingerprint density at radius 2 is 2.04 bits per heavy atom. The highest BCUT2D eigenvalue weighted by Gasteiger charge is 2.20. The van der Waals surface area contributed by atoms with Crippen molar-refractivity contribution in [2.75, 3.05) is 5.32 Å². The quantitative estimate of drug-likeness (QED) is 0.733. The monoisotopic (exact) mass is 345 g/mol. The highest BCUT2D eigenvalue weighted by atomic mass is 16.1. The molecule has 0 aliphatic carbocycles. The Morgan fingerprint density at radius 1 is 1.19 bits per heavy atom. The van der Waals surface area contributed by atoms with Crippen LogP contribution in [-0.2, 0) is 17.8 Å². The molecule has 4 rings (SSSR count). The summed E-state index contributed by atoms with van der Waals surface area (Å²) in [6.45, 7) is 3.07. The lowest BCUT2D eigenvalue weighted by Gasteiger charge is -2.16. The maximum Gasteiger partial charge on any atom is 0.231 e. The summed E-state index contributed by atoms with van der Waals surface area (Å²) in [6.07, 6.45) is 4.91. The van der Waals surface area contributed by atoms with Gasteiger partial charge in [-0.2, -0.15) is 0 Å². The zero-order valence-electron chi connectivity index (χ0n) is 15.0. The highest BCUT2D eigenvalue weighted by Crippen LogP contribution is 2.28. The van der Waals surface area contributed by atoms with Gasteiger partial charge in [0.2, 0.25) is 5.91 Å². The number of fused-ring (bicyclic) bond motifs is 1. The van der Waals surface area contributed by atoms with Gasteiger partial charge >= 0.3 is 0 Å². The second-order valence-corrected chi connectivity index (χ2v) is 6.76. The number of hydrogen-bond acceptors (Lipinski definition) is 2. The Bertz CT molecular complexity index is 914. The summed E-state index contributed by atoms with van der Waals surface area (Å²) < 4.78 is 2.28. The molecule has 0 bridgehead atoms. The van der Waals surface area contributed by atoms with Crippen LogP contribution in [0.15, 0.2) is 60.8 Å².